The number of hydrogen-bond acceptors (Lipinski definition) is 5. The minimum absolute atomic E-state index is 0.124. The molecule has 6 heteroatoms. The lowest BCUT2D eigenvalue weighted by Gasteiger charge is -2.21. The number of rotatable bonds is 3. The van der Waals surface area contributed by atoms with Gasteiger partial charge in [-0.25, -0.2) is 4.98 Å². The summed E-state index contributed by atoms with van der Waals surface area (Å²) in [6, 6.07) is 6.87. The number of aromatic nitrogens is 2. The van der Waals surface area contributed by atoms with Crippen molar-refractivity contribution in [2.24, 2.45) is 0 Å². The first kappa shape index (κ1) is 12.5. The maximum Gasteiger partial charge on any atom is 0.259 e. The number of thioether (sulfide) groups is 1. The van der Waals surface area contributed by atoms with Gasteiger partial charge in [-0.2, -0.15) is 11.8 Å². The molecule has 2 aromatic heterocycles. The minimum Gasteiger partial charge on any atom is -0.387 e. The molecule has 0 radical (unpaired) electrons. The first-order chi connectivity index (χ1) is 9.16. The molecule has 0 amide bonds. The largest absolute Gasteiger partial charge is 0.387 e. The zero-order valence-electron chi connectivity index (χ0n) is 10.4. The average molecular weight is 277 g/mol. The van der Waals surface area contributed by atoms with E-state index in [1.54, 1.807) is 30.1 Å². The fourth-order valence-corrected chi connectivity index (χ4v) is 3.43. The predicted molar refractivity (Wildman–Crippen MR) is 76.8 cm³/mol. The van der Waals surface area contributed by atoms with E-state index in [1.807, 2.05) is 6.07 Å². The summed E-state index contributed by atoms with van der Waals surface area (Å²) in [6.45, 7) is 0.426. The summed E-state index contributed by atoms with van der Waals surface area (Å²) in [7, 11) is 0. The second-order valence-electron chi connectivity index (χ2n) is 4.79. The van der Waals surface area contributed by atoms with Crippen molar-refractivity contribution < 1.29 is 5.11 Å². The van der Waals surface area contributed by atoms with Crippen molar-refractivity contribution in [2.75, 3.05) is 23.4 Å². The maximum absolute atomic E-state index is 11.9. The van der Waals surface area contributed by atoms with Crippen molar-refractivity contribution in [2.45, 2.75) is 12.0 Å². The Hall–Kier alpha value is -1.53. The number of aliphatic hydroxyl groups is 1. The lowest BCUT2D eigenvalue weighted by Crippen LogP contribution is -2.37. The number of nitrogens with one attached hydrogen (secondary N) is 1. The van der Waals surface area contributed by atoms with E-state index in [9.17, 15) is 9.90 Å². The molecule has 3 rings (SSSR count). The van der Waals surface area contributed by atoms with E-state index in [0.717, 1.165) is 17.9 Å². The molecule has 1 saturated heterocycles. The molecule has 5 nitrogen and oxygen atoms in total. The zero-order valence-corrected chi connectivity index (χ0v) is 11.2. The summed E-state index contributed by atoms with van der Waals surface area (Å²) in [4.78, 5) is 16.3. The average Bonchev–Trinajstić information content (AvgIpc) is 2.84. The number of fused-ring (bicyclic) bond motifs is 1. The molecule has 2 N–H and O–H groups in total. The topological polar surface area (TPSA) is 66.6 Å². The Morgan fingerprint density at radius 2 is 2.42 bits per heavy atom. The first-order valence-corrected chi connectivity index (χ1v) is 7.34. The van der Waals surface area contributed by atoms with Crippen LogP contribution in [0.25, 0.3) is 5.65 Å². The van der Waals surface area contributed by atoms with Crippen molar-refractivity contribution in [3.8, 4) is 0 Å². The summed E-state index contributed by atoms with van der Waals surface area (Å²) >= 11 is 1.75. The molecule has 1 aliphatic rings. The summed E-state index contributed by atoms with van der Waals surface area (Å²) in [5.74, 6) is 2.22. The van der Waals surface area contributed by atoms with Gasteiger partial charge in [0.15, 0.2) is 0 Å². The van der Waals surface area contributed by atoms with Crippen LogP contribution in [0.2, 0.25) is 0 Å². The molecule has 0 aromatic carbocycles. The van der Waals surface area contributed by atoms with Crippen molar-refractivity contribution in [3.63, 3.8) is 0 Å². The Labute approximate surface area is 114 Å². The van der Waals surface area contributed by atoms with Crippen LogP contribution in [0.15, 0.2) is 35.3 Å². The van der Waals surface area contributed by atoms with Crippen LogP contribution in [0.5, 0.6) is 0 Å². The minimum atomic E-state index is -0.686. The van der Waals surface area contributed by atoms with Gasteiger partial charge in [-0.15, -0.1) is 0 Å². The highest BCUT2D eigenvalue weighted by Gasteiger charge is 2.31. The molecule has 1 unspecified atom stereocenters. The third-order valence-corrected chi connectivity index (χ3v) is 4.49. The Morgan fingerprint density at radius 3 is 3.21 bits per heavy atom. The standard InChI is InChI=1S/C13H15N3O2S/c17-12-7-10(14-8-13(18)4-6-19-9-13)15-11-3-1-2-5-16(11)12/h1-3,5,7,14,18H,4,6,8-9H2. The number of anilines is 1. The molecule has 3 heterocycles. The molecule has 19 heavy (non-hydrogen) atoms. The quantitative estimate of drug-likeness (QED) is 0.875. The molecule has 2 aromatic rings. The molecule has 0 spiro atoms. The third kappa shape index (κ3) is 2.59. The number of hydrogen-bond donors (Lipinski definition) is 2. The maximum atomic E-state index is 11.9. The van der Waals surface area contributed by atoms with Gasteiger partial charge in [0.05, 0.1) is 5.60 Å². The van der Waals surface area contributed by atoms with Crippen LogP contribution in [0.3, 0.4) is 0 Å². The van der Waals surface area contributed by atoms with Gasteiger partial charge in [0.25, 0.3) is 5.56 Å². The van der Waals surface area contributed by atoms with E-state index in [1.165, 1.54) is 10.5 Å². The van der Waals surface area contributed by atoms with E-state index in [-0.39, 0.29) is 5.56 Å². The van der Waals surface area contributed by atoms with Gasteiger partial charge in [0.2, 0.25) is 0 Å². The van der Waals surface area contributed by atoms with Crippen LogP contribution >= 0.6 is 11.8 Å². The Kier molecular flexibility index (Phi) is 3.20. The molecule has 100 valence electrons. The molecular formula is C13H15N3O2S. The van der Waals surface area contributed by atoms with Gasteiger partial charge in [0.1, 0.15) is 11.5 Å². The Bertz CT molecular complexity index is 650. The van der Waals surface area contributed by atoms with Gasteiger partial charge in [-0.05, 0) is 24.3 Å². The summed E-state index contributed by atoms with van der Waals surface area (Å²) in [6.07, 6.45) is 2.47. The van der Waals surface area contributed by atoms with Crippen LogP contribution in [0, 0.1) is 0 Å². The Balaban J connectivity index is 1.83. The van der Waals surface area contributed by atoms with Gasteiger partial charge >= 0.3 is 0 Å². The van der Waals surface area contributed by atoms with Crippen LogP contribution in [-0.2, 0) is 0 Å². The molecule has 1 aliphatic heterocycles. The lowest BCUT2D eigenvalue weighted by atomic mass is 10.0. The monoisotopic (exact) mass is 277 g/mol. The molecule has 1 fully saturated rings. The van der Waals surface area contributed by atoms with Crippen LogP contribution in [-0.4, -0.2) is 38.1 Å². The van der Waals surface area contributed by atoms with E-state index in [4.69, 9.17) is 0 Å². The summed E-state index contributed by atoms with van der Waals surface area (Å²) < 4.78 is 1.49. The second kappa shape index (κ2) is 4.86. The summed E-state index contributed by atoms with van der Waals surface area (Å²) in [5.41, 5.74) is -0.208. The second-order valence-corrected chi connectivity index (χ2v) is 5.89. The van der Waals surface area contributed by atoms with E-state index in [2.05, 4.69) is 10.3 Å². The highest BCUT2D eigenvalue weighted by Crippen LogP contribution is 2.27. The lowest BCUT2D eigenvalue weighted by molar-refractivity contribution is 0.0819. The smallest absolute Gasteiger partial charge is 0.259 e. The fourth-order valence-electron chi connectivity index (χ4n) is 2.14. The fraction of sp³-hybridized carbons (Fsp3) is 0.385. The third-order valence-electron chi connectivity index (χ3n) is 3.25. The van der Waals surface area contributed by atoms with Gasteiger partial charge < -0.3 is 10.4 Å². The number of nitrogens with zero attached hydrogens (tertiary/aromatic N) is 2. The normalized spacial score (nSPS) is 22.8. The highest BCUT2D eigenvalue weighted by molar-refractivity contribution is 7.99. The van der Waals surface area contributed by atoms with Crippen molar-refractivity contribution >= 4 is 23.2 Å². The van der Waals surface area contributed by atoms with Gasteiger partial charge in [-0.3, -0.25) is 9.20 Å². The van der Waals surface area contributed by atoms with Crippen molar-refractivity contribution in [1.82, 2.24) is 9.38 Å². The number of pyridine rings is 1. The van der Waals surface area contributed by atoms with Gasteiger partial charge in [0, 0.05) is 24.6 Å². The zero-order chi connectivity index (χ0) is 13.3. The molecular weight excluding hydrogens is 262 g/mol. The van der Waals surface area contributed by atoms with Crippen molar-refractivity contribution in [3.05, 3.63) is 40.8 Å². The predicted octanol–water partition coefficient (Wildman–Crippen LogP) is 0.974. The first-order valence-electron chi connectivity index (χ1n) is 6.19. The van der Waals surface area contributed by atoms with E-state index >= 15 is 0 Å². The molecule has 0 aliphatic carbocycles. The van der Waals surface area contributed by atoms with E-state index in [0.29, 0.717) is 18.0 Å². The van der Waals surface area contributed by atoms with Crippen LogP contribution < -0.4 is 10.9 Å². The molecule has 0 bridgehead atoms. The highest BCUT2D eigenvalue weighted by atomic mass is 32.2. The van der Waals surface area contributed by atoms with Crippen molar-refractivity contribution in [1.29, 1.82) is 0 Å². The van der Waals surface area contributed by atoms with Gasteiger partial charge in [-0.1, -0.05) is 6.07 Å². The Morgan fingerprint density at radius 1 is 1.53 bits per heavy atom. The SMILES string of the molecule is O=c1cc(NCC2(O)CCSC2)nc2ccccn12. The summed E-state index contributed by atoms with van der Waals surface area (Å²) in [5, 5.41) is 13.3. The van der Waals surface area contributed by atoms with Crippen LogP contribution in [0.4, 0.5) is 5.82 Å². The molecule has 1 atom stereocenters. The van der Waals surface area contributed by atoms with Crippen LogP contribution in [0.1, 0.15) is 6.42 Å². The molecule has 0 saturated carbocycles. The van der Waals surface area contributed by atoms with E-state index < -0.39 is 5.60 Å².